The van der Waals surface area contributed by atoms with Gasteiger partial charge in [0.05, 0.1) is 30.9 Å². The molecule has 0 saturated carbocycles. The molecule has 5 rings (SSSR count). The molecule has 0 aliphatic carbocycles. The van der Waals surface area contributed by atoms with Gasteiger partial charge in [0.1, 0.15) is 23.5 Å². The van der Waals surface area contributed by atoms with Crippen molar-refractivity contribution in [1.82, 2.24) is 14.9 Å². The highest BCUT2D eigenvalue weighted by atomic mass is 19.4. The monoisotopic (exact) mass is 502 g/mol. The number of pyridine rings is 2. The van der Waals surface area contributed by atoms with Gasteiger partial charge in [0, 0.05) is 12.7 Å². The lowest BCUT2D eigenvalue weighted by Crippen LogP contribution is -2.51. The number of nitrogens with one attached hydrogen (secondary N) is 1. The van der Waals surface area contributed by atoms with Crippen LogP contribution >= 0.6 is 0 Å². The molecular weight excluding hydrogens is 469 g/mol. The summed E-state index contributed by atoms with van der Waals surface area (Å²) in [6.07, 6.45) is -0.362. The normalized spacial score (nSPS) is 21.3. The largest absolute Gasteiger partial charge is 0.408 e. The van der Waals surface area contributed by atoms with Crippen LogP contribution in [0.15, 0.2) is 30.5 Å². The number of aromatic nitrogens is 2. The number of nitrogens with zero attached hydrogens (tertiary/aromatic N) is 5. The minimum atomic E-state index is -4.30. The van der Waals surface area contributed by atoms with E-state index in [1.165, 1.54) is 11.1 Å². The van der Waals surface area contributed by atoms with Gasteiger partial charge in [-0.15, -0.1) is 0 Å². The van der Waals surface area contributed by atoms with E-state index in [0.29, 0.717) is 42.0 Å². The Morgan fingerprint density at radius 1 is 1.06 bits per heavy atom. The van der Waals surface area contributed by atoms with Crippen molar-refractivity contribution in [1.29, 1.82) is 5.26 Å². The fraction of sp³-hybridized carbons (Fsp3) is 0.577. The maximum absolute atomic E-state index is 13.7. The molecular formula is C26H33F3N6O. The van der Waals surface area contributed by atoms with Crippen molar-refractivity contribution in [2.75, 3.05) is 43.1 Å². The standard InChI is InChI=1S/C24H27F3N6O.C2H6/c25-24(26,27)20-2-1-7-33(20)23-12-18(17-4-8-32(9-5-17)19-14-34-15-19)11-22(31-23)30-21-10-16(13-28)3-6-29-21;1-2/h3,6,10-12,17,19-20H,1-2,4-5,7-9,14-15H2,(H,29,30,31);1-2H3. The zero-order valence-corrected chi connectivity index (χ0v) is 20.8. The van der Waals surface area contributed by atoms with Gasteiger partial charge in [-0.05, 0) is 74.5 Å². The van der Waals surface area contributed by atoms with Crippen molar-refractivity contribution >= 4 is 17.5 Å². The van der Waals surface area contributed by atoms with Crippen LogP contribution in [0.3, 0.4) is 0 Å². The highest BCUT2D eigenvalue weighted by Crippen LogP contribution is 2.38. The molecule has 2 aromatic heterocycles. The summed E-state index contributed by atoms with van der Waals surface area (Å²) < 4.78 is 46.4. The highest BCUT2D eigenvalue weighted by Gasteiger charge is 2.46. The molecule has 0 aromatic carbocycles. The Morgan fingerprint density at radius 3 is 2.44 bits per heavy atom. The van der Waals surface area contributed by atoms with Crippen LogP contribution in [-0.2, 0) is 4.74 Å². The summed E-state index contributed by atoms with van der Waals surface area (Å²) >= 11 is 0. The van der Waals surface area contributed by atoms with Crippen molar-refractivity contribution in [3.63, 3.8) is 0 Å². The molecule has 1 atom stereocenters. The van der Waals surface area contributed by atoms with E-state index in [1.807, 2.05) is 26.0 Å². The van der Waals surface area contributed by atoms with Crippen LogP contribution in [-0.4, -0.2) is 66.0 Å². The second-order valence-corrected chi connectivity index (χ2v) is 9.21. The van der Waals surface area contributed by atoms with E-state index >= 15 is 0 Å². The minimum absolute atomic E-state index is 0.0752. The summed E-state index contributed by atoms with van der Waals surface area (Å²) in [4.78, 5) is 12.6. The van der Waals surface area contributed by atoms with Gasteiger partial charge in [-0.2, -0.15) is 18.4 Å². The van der Waals surface area contributed by atoms with Gasteiger partial charge in [-0.3, -0.25) is 4.90 Å². The van der Waals surface area contributed by atoms with Crippen molar-refractivity contribution in [3.05, 3.63) is 41.6 Å². The highest BCUT2D eigenvalue weighted by molar-refractivity contribution is 5.59. The molecule has 0 amide bonds. The molecule has 7 nitrogen and oxygen atoms in total. The van der Waals surface area contributed by atoms with E-state index in [4.69, 9.17) is 4.74 Å². The van der Waals surface area contributed by atoms with E-state index in [1.54, 1.807) is 12.1 Å². The maximum atomic E-state index is 13.7. The first-order valence-electron chi connectivity index (χ1n) is 12.7. The topological polar surface area (TPSA) is 77.3 Å². The fourth-order valence-electron chi connectivity index (χ4n) is 5.10. The van der Waals surface area contributed by atoms with Crippen molar-refractivity contribution < 1.29 is 17.9 Å². The molecule has 0 bridgehead atoms. The van der Waals surface area contributed by atoms with Crippen molar-refractivity contribution in [2.45, 2.75) is 63.7 Å². The first-order chi connectivity index (χ1) is 17.4. The molecule has 36 heavy (non-hydrogen) atoms. The van der Waals surface area contributed by atoms with Gasteiger partial charge < -0.3 is 15.0 Å². The number of ether oxygens (including phenoxy) is 1. The lowest BCUT2D eigenvalue weighted by Gasteiger charge is -2.41. The third-order valence-corrected chi connectivity index (χ3v) is 7.04. The number of likely N-dealkylation sites (tertiary alicyclic amines) is 1. The molecule has 0 radical (unpaired) electrons. The van der Waals surface area contributed by atoms with Crippen LogP contribution < -0.4 is 10.2 Å². The summed E-state index contributed by atoms with van der Waals surface area (Å²) in [5.74, 6) is 1.46. The smallest absolute Gasteiger partial charge is 0.378 e. The molecule has 3 aliphatic rings. The predicted octanol–water partition coefficient (Wildman–Crippen LogP) is 5.23. The molecule has 0 spiro atoms. The average Bonchev–Trinajstić information content (AvgIpc) is 3.36. The molecule has 5 heterocycles. The minimum Gasteiger partial charge on any atom is -0.378 e. The summed E-state index contributed by atoms with van der Waals surface area (Å²) in [6.45, 7) is 7.77. The van der Waals surface area contributed by atoms with Crippen LogP contribution in [0.4, 0.5) is 30.6 Å². The molecule has 194 valence electrons. The number of nitriles is 1. The van der Waals surface area contributed by atoms with Crippen LogP contribution in [0, 0.1) is 11.3 Å². The predicted molar refractivity (Wildman–Crippen MR) is 132 cm³/mol. The molecule has 1 unspecified atom stereocenters. The number of hydrogen-bond acceptors (Lipinski definition) is 7. The Labute approximate surface area is 210 Å². The van der Waals surface area contributed by atoms with Crippen LogP contribution in [0.2, 0.25) is 0 Å². The van der Waals surface area contributed by atoms with E-state index in [0.717, 1.165) is 44.7 Å². The summed E-state index contributed by atoms with van der Waals surface area (Å²) in [7, 11) is 0. The lowest BCUT2D eigenvalue weighted by molar-refractivity contribution is -0.146. The second kappa shape index (κ2) is 11.4. The van der Waals surface area contributed by atoms with Gasteiger partial charge in [0.2, 0.25) is 0 Å². The summed E-state index contributed by atoms with van der Waals surface area (Å²) in [5, 5.41) is 12.3. The van der Waals surface area contributed by atoms with Gasteiger partial charge in [0.15, 0.2) is 0 Å². The van der Waals surface area contributed by atoms with E-state index in [-0.39, 0.29) is 12.3 Å². The first kappa shape index (κ1) is 26.2. The van der Waals surface area contributed by atoms with Crippen molar-refractivity contribution in [3.8, 4) is 6.07 Å². The Kier molecular flexibility index (Phi) is 8.32. The second-order valence-electron chi connectivity index (χ2n) is 9.21. The van der Waals surface area contributed by atoms with Crippen LogP contribution in [0.1, 0.15) is 56.6 Å². The zero-order chi connectivity index (χ0) is 25.7. The van der Waals surface area contributed by atoms with Crippen LogP contribution in [0.25, 0.3) is 0 Å². The number of anilines is 3. The molecule has 1 N–H and O–H groups in total. The number of rotatable bonds is 5. The Hall–Kier alpha value is -2.90. The summed E-state index contributed by atoms with van der Waals surface area (Å²) in [6, 6.07) is 7.98. The fourth-order valence-corrected chi connectivity index (χ4v) is 5.10. The van der Waals surface area contributed by atoms with Crippen LogP contribution in [0.5, 0.6) is 0 Å². The van der Waals surface area contributed by atoms with Gasteiger partial charge in [-0.1, -0.05) is 13.8 Å². The number of piperidine rings is 1. The third kappa shape index (κ3) is 5.90. The SMILES string of the molecule is CC.N#Cc1ccnc(Nc2cc(C3CCN(C4COC4)CC3)cc(N3CCCC3C(F)(F)F)n2)c1. The number of halogens is 3. The quantitative estimate of drug-likeness (QED) is 0.600. The van der Waals surface area contributed by atoms with Crippen molar-refractivity contribution in [2.24, 2.45) is 0 Å². The lowest BCUT2D eigenvalue weighted by atomic mass is 9.89. The molecule has 3 aliphatic heterocycles. The van der Waals surface area contributed by atoms with Gasteiger partial charge in [0.25, 0.3) is 0 Å². The molecule has 10 heteroatoms. The van der Waals surface area contributed by atoms with Gasteiger partial charge in [-0.25, -0.2) is 9.97 Å². The van der Waals surface area contributed by atoms with E-state index in [2.05, 4.69) is 26.3 Å². The van der Waals surface area contributed by atoms with E-state index < -0.39 is 12.2 Å². The molecule has 2 aromatic rings. The third-order valence-electron chi connectivity index (χ3n) is 7.04. The molecule has 3 fully saturated rings. The Morgan fingerprint density at radius 2 is 1.81 bits per heavy atom. The zero-order valence-electron chi connectivity index (χ0n) is 20.8. The first-order valence-corrected chi connectivity index (χ1v) is 12.7. The van der Waals surface area contributed by atoms with Gasteiger partial charge >= 0.3 is 6.18 Å². The molecule has 3 saturated heterocycles. The number of hydrogen-bond donors (Lipinski definition) is 1. The summed E-state index contributed by atoms with van der Waals surface area (Å²) in [5.41, 5.74) is 1.43. The van der Waals surface area contributed by atoms with E-state index in [9.17, 15) is 18.4 Å². The maximum Gasteiger partial charge on any atom is 0.408 e. The number of alkyl halides is 3. The average molecular weight is 503 g/mol. The Bertz CT molecular complexity index is 1060. The Balaban J connectivity index is 0.00000148.